The Morgan fingerprint density at radius 1 is 1.32 bits per heavy atom. The maximum absolute atomic E-state index is 4.81. The molecule has 1 aliphatic carbocycles. The molecule has 1 aliphatic rings. The van der Waals surface area contributed by atoms with Gasteiger partial charge < -0.3 is 10.2 Å². The molecule has 4 nitrogen and oxygen atoms in total. The van der Waals surface area contributed by atoms with Crippen molar-refractivity contribution in [2.24, 2.45) is 5.92 Å². The summed E-state index contributed by atoms with van der Waals surface area (Å²) in [4.78, 5) is 11.8. The molecule has 0 aliphatic heterocycles. The molecule has 2 rings (SSSR count). The number of rotatable bonds is 6. The summed E-state index contributed by atoms with van der Waals surface area (Å²) in [6.45, 7) is 10.7. The van der Waals surface area contributed by atoms with Crippen molar-refractivity contribution in [1.29, 1.82) is 0 Å². The summed E-state index contributed by atoms with van der Waals surface area (Å²) in [5, 5.41) is 3.20. The molecule has 0 aromatic carbocycles. The fraction of sp³-hybridized carbons (Fsp3) is 0.733. The van der Waals surface area contributed by atoms with E-state index in [9.17, 15) is 0 Å². The topological polar surface area (TPSA) is 41.1 Å². The van der Waals surface area contributed by atoms with Gasteiger partial charge in [-0.15, -0.1) is 0 Å². The summed E-state index contributed by atoms with van der Waals surface area (Å²) < 4.78 is 0. The minimum absolute atomic E-state index is 0.353. The van der Waals surface area contributed by atoms with E-state index in [1.54, 1.807) is 0 Å². The van der Waals surface area contributed by atoms with Crippen LogP contribution in [-0.4, -0.2) is 30.1 Å². The molecule has 0 amide bonds. The Balaban J connectivity index is 2.37. The van der Waals surface area contributed by atoms with Crippen molar-refractivity contribution in [2.75, 3.05) is 30.4 Å². The van der Waals surface area contributed by atoms with Gasteiger partial charge in [-0.3, -0.25) is 0 Å². The van der Waals surface area contributed by atoms with E-state index in [-0.39, 0.29) is 0 Å². The van der Waals surface area contributed by atoms with Crippen LogP contribution in [0.4, 0.5) is 11.6 Å². The van der Waals surface area contributed by atoms with Crippen LogP contribution in [0.1, 0.15) is 50.9 Å². The van der Waals surface area contributed by atoms with Crippen molar-refractivity contribution in [2.45, 2.75) is 46.5 Å². The molecule has 0 spiro atoms. The molecule has 0 atom stereocenters. The summed E-state index contributed by atoms with van der Waals surface area (Å²) in [6.07, 6.45) is 2.74. The van der Waals surface area contributed by atoms with Gasteiger partial charge in [0.05, 0.1) is 0 Å². The summed E-state index contributed by atoms with van der Waals surface area (Å²) in [5.74, 6) is 4.22. The van der Waals surface area contributed by atoms with E-state index in [2.05, 4.69) is 42.9 Å². The second-order valence-corrected chi connectivity index (χ2v) is 5.77. The number of nitrogens with zero attached hydrogens (tertiary/aromatic N) is 3. The third-order valence-electron chi connectivity index (χ3n) is 3.75. The Morgan fingerprint density at radius 3 is 2.47 bits per heavy atom. The third kappa shape index (κ3) is 3.17. The minimum atomic E-state index is 0.353. The van der Waals surface area contributed by atoms with Crippen LogP contribution in [0.3, 0.4) is 0 Å². The fourth-order valence-electron chi connectivity index (χ4n) is 2.31. The Morgan fingerprint density at radius 2 is 2.00 bits per heavy atom. The van der Waals surface area contributed by atoms with E-state index in [1.165, 1.54) is 12.8 Å². The first-order chi connectivity index (χ1) is 9.06. The Labute approximate surface area is 116 Å². The maximum Gasteiger partial charge on any atom is 0.137 e. The quantitative estimate of drug-likeness (QED) is 0.855. The normalized spacial score (nSPS) is 14.8. The van der Waals surface area contributed by atoms with Gasteiger partial charge in [0.2, 0.25) is 0 Å². The molecular weight excluding hydrogens is 236 g/mol. The van der Waals surface area contributed by atoms with Gasteiger partial charge in [0.1, 0.15) is 17.5 Å². The largest absolute Gasteiger partial charge is 0.373 e. The van der Waals surface area contributed by atoms with Gasteiger partial charge in [0.25, 0.3) is 0 Å². The summed E-state index contributed by atoms with van der Waals surface area (Å²) >= 11 is 0. The van der Waals surface area contributed by atoms with Crippen molar-refractivity contribution < 1.29 is 0 Å². The molecule has 1 saturated carbocycles. The van der Waals surface area contributed by atoms with E-state index >= 15 is 0 Å². The van der Waals surface area contributed by atoms with Gasteiger partial charge in [0, 0.05) is 31.6 Å². The number of anilines is 2. The van der Waals surface area contributed by atoms with Crippen molar-refractivity contribution in [3.05, 3.63) is 11.4 Å². The molecule has 0 radical (unpaired) electrons. The van der Waals surface area contributed by atoms with Gasteiger partial charge in [-0.2, -0.15) is 0 Å². The molecule has 106 valence electrons. The lowest BCUT2D eigenvalue weighted by Gasteiger charge is -2.25. The summed E-state index contributed by atoms with van der Waals surface area (Å²) in [5.41, 5.74) is 1.16. The molecule has 19 heavy (non-hydrogen) atoms. The Hall–Kier alpha value is -1.32. The highest BCUT2D eigenvalue weighted by Crippen LogP contribution is 2.33. The van der Waals surface area contributed by atoms with Crippen LogP contribution in [0.15, 0.2) is 0 Å². The third-order valence-corrected chi connectivity index (χ3v) is 3.75. The van der Waals surface area contributed by atoms with Crippen molar-refractivity contribution in [3.8, 4) is 0 Å². The predicted molar refractivity (Wildman–Crippen MR) is 81.0 cm³/mol. The second kappa shape index (κ2) is 5.76. The van der Waals surface area contributed by atoms with Gasteiger partial charge in [0.15, 0.2) is 0 Å². The summed E-state index contributed by atoms with van der Waals surface area (Å²) in [6, 6.07) is 0. The standard InChI is InChI=1S/C15H26N4/c1-6-19(9-12-7-8-12)15-11(4)14(16-5)17-13(18-15)10(2)3/h10,12H,6-9H2,1-5H3,(H,16,17,18). The molecule has 1 heterocycles. The van der Waals surface area contributed by atoms with Crippen LogP contribution in [-0.2, 0) is 0 Å². The van der Waals surface area contributed by atoms with Crippen LogP contribution in [0.5, 0.6) is 0 Å². The average Bonchev–Trinajstić information content (AvgIpc) is 3.20. The molecular formula is C15H26N4. The van der Waals surface area contributed by atoms with Gasteiger partial charge in [-0.1, -0.05) is 13.8 Å². The van der Waals surface area contributed by atoms with Crippen LogP contribution < -0.4 is 10.2 Å². The summed E-state index contributed by atoms with van der Waals surface area (Å²) in [7, 11) is 1.93. The zero-order chi connectivity index (χ0) is 14.0. The highest BCUT2D eigenvalue weighted by molar-refractivity contribution is 5.58. The fourth-order valence-corrected chi connectivity index (χ4v) is 2.31. The van der Waals surface area contributed by atoms with Crippen molar-refractivity contribution >= 4 is 11.6 Å². The first-order valence-corrected chi connectivity index (χ1v) is 7.38. The SMILES string of the molecule is CCN(CC1CC1)c1nc(C(C)C)nc(NC)c1C. The molecule has 0 saturated heterocycles. The van der Waals surface area contributed by atoms with Crippen LogP contribution >= 0.6 is 0 Å². The second-order valence-electron chi connectivity index (χ2n) is 5.77. The molecule has 1 N–H and O–H groups in total. The molecule has 1 aromatic rings. The van der Waals surface area contributed by atoms with E-state index in [0.717, 1.165) is 42.0 Å². The van der Waals surface area contributed by atoms with E-state index in [0.29, 0.717) is 5.92 Å². The smallest absolute Gasteiger partial charge is 0.137 e. The molecule has 0 unspecified atom stereocenters. The Kier molecular flexibility index (Phi) is 4.27. The predicted octanol–water partition coefficient (Wildman–Crippen LogP) is 3.19. The van der Waals surface area contributed by atoms with E-state index < -0.39 is 0 Å². The first-order valence-electron chi connectivity index (χ1n) is 7.38. The van der Waals surface area contributed by atoms with Crippen molar-refractivity contribution in [3.63, 3.8) is 0 Å². The maximum atomic E-state index is 4.81. The van der Waals surface area contributed by atoms with Crippen molar-refractivity contribution in [1.82, 2.24) is 9.97 Å². The minimum Gasteiger partial charge on any atom is -0.373 e. The highest BCUT2D eigenvalue weighted by atomic mass is 15.2. The van der Waals surface area contributed by atoms with Gasteiger partial charge in [-0.05, 0) is 32.6 Å². The number of hydrogen-bond acceptors (Lipinski definition) is 4. The zero-order valence-electron chi connectivity index (χ0n) is 12.8. The van der Waals surface area contributed by atoms with Crippen LogP contribution in [0.2, 0.25) is 0 Å². The molecule has 1 aromatic heterocycles. The number of hydrogen-bond donors (Lipinski definition) is 1. The first kappa shape index (κ1) is 14.1. The van der Waals surface area contributed by atoms with E-state index in [4.69, 9.17) is 4.98 Å². The molecule has 0 bridgehead atoms. The molecule has 4 heteroatoms. The van der Waals surface area contributed by atoms with Crippen LogP contribution in [0.25, 0.3) is 0 Å². The average molecular weight is 262 g/mol. The number of aromatic nitrogens is 2. The number of nitrogens with one attached hydrogen (secondary N) is 1. The van der Waals surface area contributed by atoms with E-state index in [1.807, 2.05) is 7.05 Å². The zero-order valence-corrected chi connectivity index (χ0v) is 12.8. The lowest BCUT2D eigenvalue weighted by atomic mass is 10.2. The Bertz CT molecular complexity index is 438. The van der Waals surface area contributed by atoms with Gasteiger partial charge >= 0.3 is 0 Å². The lowest BCUT2D eigenvalue weighted by molar-refractivity contribution is 0.709. The monoisotopic (exact) mass is 262 g/mol. The highest BCUT2D eigenvalue weighted by Gasteiger charge is 2.26. The molecule has 1 fully saturated rings. The lowest BCUT2D eigenvalue weighted by Crippen LogP contribution is -2.28. The van der Waals surface area contributed by atoms with Gasteiger partial charge in [-0.25, -0.2) is 9.97 Å². The van der Waals surface area contributed by atoms with Crippen LogP contribution in [0, 0.1) is 12.8 Å².